The van der Waals surface area contributed by atoms with E-state index in [-0.39, 0.29) is 0 Å². The van der Waals surface area contributed by atoms with Gasteiger partial charge in [-0.1, -0.05) is 36.7 Å². The standard InChI is InChI=1S/C18H28BrNO/c1-13(2)11-20-12-15-10-16(19)6-9-18(15)21-17-7-4-14(3)5-8-17/h6,9-10,13-14,17,20H,4-5,7-8,11-12H2,1-3H3. The maximum atomic E-state index is 6.29. The van der Waals surface area contributed by atoms with E-state index in [9.17, 15) is 0 Å². The molecule has 0 aromatic heterocycles. The Morgan fingerprint density at radius 1 is 1.24 bits per heavy atom. The molecule has 1 saturated carbocycles. The summed E-state index contributed by atoms with van der Waals surface area (Å²) in [5, 5.41) is 3.51. The Morgan fingerprint density at radius 3 is 2.62 bits per heavy atom. The molecule has 21 heavy (non-hydrogen) atoms. The highest BCUT2D eigenvalue weighted by atomic mass is 79.9. The molecule has 1 aromatic carbocycles. The van der Waals surface area contributed by atoms with E-state index in [2.05, 4.69) is 60.2 Å². The minimum atomic E-state index is 0.395. The fraction of sp³-hybridized carbons (Fsp3) is 0.667. The van der Waals surface area contributed by atoms with Crippen LogP contribution in [0.25, 0.3) is 0 Å². The van der Waals surface area contributed by atoms with Gasteiger partial charge in [-0.25, -0.2) is 0 Å². The summed E-state index contributed by atoms with van der Waals surface area (Å²) in [5.41, 5.74) is 1.25. The fourth-order valence-electron chi connectivity index (χ4n) is 2.82. The fourth-order valence-corrected chi connectivity index (χ4v) is 3.23. The molecule has 1 aliphatic rings. The molecular weight excluding hydrogens is 326 g/mol. The van der Waals surface area contributed by atoms with Crippen LogP contribution in [0.3, 0.4) is 0 Å². The molecular formula is C18H28BrNO. The van der Waals surface area contributed by atoms with Crippen LogP contribution in [0.4, 0.5) is 0 Å². The van der Waals surface area contributed by atoms with E-state index < -0.39 is 0 Å². The third kappa shape index (κ3) is 5.63. The van der Waals surface area contributed by atoms with Gasteiger partial charge < -0.3 is 10.1 Å². The lowest BCUT2D eigenvalue weighted by atomic mass is 9.89. The van der Waals surface area contributed by atoms with Crippen LogP contribution in [-0.2, 0) is 6.54 Å². The van der Waals surface area contributed by atoms with E-state index >= 15 is 0 Å². The summed E-state index contributed by atoms with van der Waals surface area (Å²) in [6, 6.07) is 6.36. The van der Waals surface area contributed by atoms with Crippen molar-refractivity contribution in [1.29, 1.82) is 0 Å². The summed E-state index contributed by atoms with van der Waals surface area (Å²) in [5.74, 6) is 2.58. The average Bonchev–Trinajstić information content (AvgIpc) is 2.43. The molecule has 0 radical (unpaired) electrons. The number of hydrogen-bond donors (Lipinski definition) is 1. The molecule has 1 aliphatic carbocycles. The molecule has 0 aliphatic heterocycles. The minimum absolute atomic E-state index is 0.395. The smallest absolute Gasteiger partial charge is 0.124 e. The highest BCUT2D eigenvalue weighted by molar-refractivity contribution is 9.10. The molecule has 0 bridgehead atoms. The molecule has 1 fully saturated rings. The summed E-state index contributed by atoms with van der Waals surface area (Å²) in [4.78, 5) is 0. The first-order valence-corrected chi connectivity index (χ1v) is 8.99. The lowest BCUT2D eigenvalue weighted by Gasteiger charge is -2.28. The summed E-state index contributed by atoms with van der Waals surface area (Å²) >= 11 is 3.57. The normalized spacial score (nSPS) is 22.5. The molecule has 3 heteroatoms. The Bertz CT molecular complexity index is 439. The Hall–Kier alpha value is -0.540. The summed E-state index contributed by atoms with van der Waals surface area (Å²) in [7, 11) is 0. The van der Waals surface area contributed by atoms with E-state index in [0.29, 0.717) is 12.0 Å². The lowest BCUT2D eigenvalue weighted by molar-refractivity contribution is 0.134. The lowest BCUT2D eigenvalue weighted by Crippen LogP contribution is -2.24. The van der Waals surface area contributed by atoms with Crippen LogP contribution in [0.2, 0.25) is 0 Å². The van der Waals surface area contributed by atoms with Gasteiger partial charge in [-0.05, 0) is 62.3 Å². The van der Waals surface area contributed by atoms with Crippen LogP contribution in [0.1, 0.15) is 52.0 Å². The van der Waals surface area contributed by atoms with Crippen LogP contribution in [-0.4, -0.2) is 12.6 Å². The predicted molar refractivity (Wildman–Crippen MR) is 92.7 cm³/mol. The van der Waals surface area contributed by atoms with Gasteiger partial charge in [-0.3, -0.25) is 0 Å². The second-order valence-corrected chi connectivity index (χ2v) is 7.69. The SMILES string of the molecule is CC(C)CNCc1cc(Br)ccc1OC1CCC(C)CC1. The van der Waals surface area contributed by atoms with Gasteiger partial charge in [0.15, 0.2) is 0 Å². The molecule has 0 atom stereocenters. The number of benzene rings is 1. The first-order chi connectivity index (χ1) is 10.0. The third-order valence-electron chi connectivity index (χ3n) is 4.15. The molecule has 0 heterocycles. The Morgan fingerprint density at radius 2 is 1.95 bits per heavy atom. The highest BCUT2D eigenvalue weighted by Gasteiger charge is 2.20. The molecule has 0 spiro atoms. The first kappa shape index (κ1) is 16.8. The molecule has 0 amide bonds. The number of halogens is 1. The number of rotatable bonds is 6. The van der Waals surface area contributed by atoms with Crippen molar-refractivity contribution in [1.82, 2.24) is 5.32 Å². The molecule has 0 unspecified atom stereocenters. The topological polar surface area (TPSA) is 21.3 Å². The van der Waals surface area contributed by atoms with Crippen LogP contribution < -0.4 is 10.1 Å². The van der Waals surface area contributed by atoms with Gasteiger partial charge in [0.05, 0.1) is 6.10 Å². The van der Waals surface area contributed by atoms with Crippen molar-refractivity contribution in [3.63, 3.8) is 0 Å². The van der Waals surface area contributed by atoms with Gasteiger partial charge in [0.2, 0.25) is 0 Å². The Kier molecular flexibility index (Phi) is 6.56. The number of hydrogen-bond acceptors (Lipinski definition) is 2. The zero-order chi connectivity index (χ0) is 15.2. The van der Waals surface area contributed by atoms with Crippen molar-refractivity contribution >= 4 is 15.9 Å². The molecule has 2 rings (SSSR count). The van der Waals surface area contributed by atoms with Gasteiger partial charge in [-0.15, -0.1) is 0 Å². The van der Waals surface area contributed by atoms with Gasteiger partial charge in [0.1, 0.15) is 5.75 Å². The monoisotopic (exact) mass is 353 g/mol. The van der Waals surface area contributed by atoms with E-state index in [4.69, 9.17) is 4.74 Å². The summed E-state index contributed by atoms with van der Waals surface area (Å²) in [6.45, 7) is 8.71. The highest BCUT2D eigenvalue weighted by Crippen LogP contribution is 2.30. The summed E-state index contributed by atoms with van der Waals surface area (Å²) in [6.07, 6.45) is 5.36. The van der Waals surface area contributed by atoms with Gasteiger partial charge >= 0.3 is 0 Å². The summed E-state index contributed by atoms with van der Waals surface area (Å²) < 4.78 is 7.41. The minimum Gasteiger partial charge on any atom is -0.490 e. The van der Waals surface area contributed by atoms with Crippen LogP contribution >= 0.6 is 15.9 Å². The quantitative estimate of drug-likeness (QED) is 0.763. The molecule has 1 N–H and O–H groups in total. The van der Waals surface area contributed by atoms with E-state index in [1.54, 1.807) is 0 Å². The zero-order valence-electron chi connectivity index (χ0n) is 13.5. The Labute approximate surface area is 137 Å². The molecule has 2 nitrogen and oxygen atoms in total. The maximum Gasteiger partial charge on any atom is 0.124 e. The van der Waals surface area contributed by atoms with E-state index in [1.165, 1.54) is 31.2 Å². The number of nitrogens with one attached hydrogen (secondary N) is 1. The van der Waals surface area contributed by atoms with Crippen molar-refractivity contribution in [2.75, 3.05) is 6.54 Å². The van der Waals surface area contributed by atoms with Crippen molar-refractivity contribution in [2.24, 2.45) is 11.8 Å². The maximum absolute atomic E-state index is 6.29. The van der Waals surface area contributed by atoms with Crippen LogP contribution in [0, 0.1) is 11.8 Å². The molecule has 118 valence electrons. The average molecular weight is 354 g/mol. The predicted octanol–water partition coefficient (Wildman–Crippen LogP) is 5.15. The van der Waals surface area contributed by atoms with E-state index in [1.807, 2.05) is 0 Å². The zero-order valence-corrected chi connectivity index (χ0v) is 15.1. The van der Waals surface area contributed by atoms with Crippen LogP contribution in [0.5, 0.6) is 5.75 Å². The van der Waals surface area contributed by atoms with Crippen molar-refractivity contribution in [3.05, 3.63) is 28.2 Å². The van der Waals surface area contributed by atoms with Crippen molar-refractivity contribution in [3.8, 4) is 5.75 Å². The first-order valence-electron chi connectivity index (χ1n) is 8.20. The van der Waals surface area contributed by atoms with Gasteiger partial charge in [0, 0.05) is 16.6 Å². The van der Waals surface area contributed by atoms with Crippen molar-refractivity contribution in [2.45, 2.75) is 59.1 Å². The third-order valence-corrected chi connectivity index (χ3v) is 4.64. The second-order valence-electron chi connectivity index (χ2n) is 6.78. The largest absolute Gasteiger partial charge is 0.490 e. The molecule has 1 aromatic rings. The van der Waals surface area contributed by atoms with Crippen LogP contribution in [0.15, 0.2) is 22.7 Å². The Balaban J connectivity index is 1.97. The van der Waals surface area contributed by atoms with E-state index in [0.717, 1.165) is 29.2 Å². The second kappa shape index (κ2) is 8.19. The number of ether oxygens (including phenoxy) is 1. The molecule has 0 saturated heterocycles. The van der Waals surface area contributed by atoms with Gasteiger partial charge in [0.25, 0.3) is 0 Å². The van der Waals surface area contributed by atoms with Crippen molar-refractivity contribution < 1.29 is 4.74 Å². The van der Waals surface area contributed by atoms with Gasteiger partial charge in [-0.2, -0.15) is 0 Å².